The fourth-order valence-electron chi connectivity index (χ4n) is 0.883. The van der Waals surface area contributed by atoms with E-state index in [0.29, 0.717) is 5.56 Å². The van der Waals surface area contributed by atoms with Gasteiger partial charge in [-0.05, 0) is 6.07 Å². The molecule has 2 N–H and O–H groups in total. The highest BCUT2D eigenvalue weighted by molar-refractivity contribution is 5.35. The van der Waals surface area contributed by atoms with E-state index in [9.17, 15) is 5.11 Å². The normalized spacial score (nSPS) is 12.5. The quantitative estimate of drug-likeness (QED) is 0.641. The van der Waals surface area contributed by atoms with Crippen molar-refractivity contribution in [2.75, 3.05) is 0 Å². The van der Waals surface area contributed by atoms with E-state index < -0.39 is 0 Å². The van der Waals surface area contributed by atoms with E-state index in [1.807, 2.05) is 0 Å². The van der Waals surface area contributed by atoms with Crippen LogP contribution in [0.1, 0.15) is 11.6 Å². The number of nitrogens with two attached hydrogens (primary N) is 1. The van der Waals surface area contributed by atoms with Crippen molar-refractivity contribution in [3.63, 3.8) is 0 Å². The number of para-hydroxylation sites is 1. The molecular formula is C9H10NO. The summed E-state index contributed by atoms with van der Waals surface area (Å²) in [6, 6.07) is 6.36. The van der Waals surface area contributed by atoms with E-state index in [-0.39, 0.29) is 11.8 Å². The van der Waals surface area contributed by atoms with Crippen LogP contribution in [0.3, 0.4) is 0 Å². The summed E-state index contributed by atoms with van der Waals surface area (Å²) in [6.45, 7) is 3.51. The van der Waals surface area contributed by atoms with Gasteiger partial charge in [-0.2, -0.15) is 0 Å². The minimum Gasteiger partial charge on any atom is -0.321 e. The predicted molar refractivity (Wildman–Crippen MR) is 43.7 cm³/mol. The van der Waals surface area contributed by atoms with Gasteiger partial charge in [-0.15, -0.1) is 6.58 Å². The first-order valence-electron chi connectivity index (χ1n) is 3.40. The highest BCUT2D eigenvalue weighted by atomic mass is 16.3. The lowest BCUT2D eigenvalue weighted by Crippen LogP contribution is -2.05. The Hall–Kier alpha value is -1.28. The van der Waals surface area contributed by atoms with Gasteiger partial charge in [0, 0.05) is 5.56 Å². The Labute approximate surface area is 66.0 Å². The van der Waals surface area contributed by atoms with E-state index in [0.717, 1.165) is 0 Å². The van der Waals surface area contributed by atoms with E-state index in [4.69, 9.17) is 5.73 Å². The molecule has 1 aromatic carbocycles. The van der Waals surface area contributed by atoms with Crippen molar-refractivity contribution in [1.29, 1.82) is 0 Å². The molecule has 2 nitrogen and oxygen atoms in total. The fraction of sp³-hybridized carbons (Fsp3) is 0.111. The molecule has 11 heavy (non-hydrogen) atoms. The topological polar surface area (TPSA) is 45.9 Å². The zero-order valence-corrected chi connectivity index (χ0v) is 6.16. The largest absolute Gasteiger partial charge is 0.321 e. The first kappa shape index (κ1) is 7.82. The molecular weight excluding hydrogens is 138 g/mol. The molecule has 0 aliphatic carbocycles. The van der Waals surface area contributed by atoms with Gasteiger partial charge in [0.25, 0.3) is 0 Å². The van der Waals surface area contributed by atoms with Gasteiger partial charge in [-0.3, -0.25) is 5.11 Å². The van der Waals surface area contributed by atoms with Crippen LogP contribution < -0.4 is 5.73 Å². The highest BCUT2D eigenvalue weighted by Gasteiger charge is 2.06. The van der Waals surface area contributed by atoms with Gasteiger partial charge in [0.15, 0.2) is 5.75 Å². The molecule has 2 heteroatoms. The van der Waals surface area contributed by atoms with Crippen molar-refractivity contribution in [1.82, 2.24) is 0 Å². The summed E-state index contributed by atoms with van der Waals surface area (Å²) in [5.41, 5.74) is 6.18. The maximum atomic E-state index is 11.1. The third kappa shape index (κ3) is 1.59. The van der Waals surface area contributed by atoms with Gasteiger partial charge in [-0.25, -0.2) is 0 Å². The Morgan fingerprint density at radius 1 is 1.45 bits per heavy atom. The summed E-state index contributed by atoms with van der Waals surface area (Å²) in [4.78, 5) is 0. The standard InChI is InChI=1S/C9H10NO/c1-2-8(10)7-5-3-4-6-9(7)11/h2-6,8H,1,10H2. The third-order valence-corrected chi connectivity index (χ3v) is 1.53. The number of hydrogen-bond acceptors (Lipinski definition) is 1. The van der Waals surface area contributed by atoms with Gasteiger partial charge in [-0.1, -0.05) is 24.3 Å². The van der Waals surface area contributed by atoms with E-state index in [1.165, 1.54) is 6.07 Å². The molecule has 1 aromatic rings. The summed E-state index contributed by atoms with van der Waals surface area (Å²) in [7, 11) is 0. The van der Waals surface area contributed by atoms with Gasteiger partial charge < -0.3 is 5.73 Å². The van der Waals surface area contributed by atoms with Gasteiger partial charge in [0.2, 0.25) is 0 Å². The summed E-state index contributed by atoms with van der Waals surface area (Å²) in [5.74, 6) is -0.0279. The molecule has 0 spiro atoms. The predicted octanol–water partition coefficient (Wildman–Crippen LogP) is 2.02. The van der Waals surface area contributed by atoms with Crippen LogP contribution in [0.15, 0.2) is 36.9 Å². The van der Waals surface area contributed by atoms with Gasteiger partial charge in [0.1, 0.15) is 0 Å². The molecule has 1 unspecified atom stereocenters. The highest BCUT2D eigenvalue weighted by Crippen LogP contribution is 2.22. The van der Waals surface area contributed by atoms with E-state index >= 15 is 0 Å². The minimum absolute atomic E-state index is 0.0279. The van der Waals surface area contributed by atoms with Crippen molar-refractivity contribution >= 4 is 0 Å². The number of benzene rings is 1. The average molecular weight is 148 g/mol. The lowest BCUT2D eigenvalue weighted by atomic mass is 10.1. The smallest absolute Gasteiger partial charge is 0.183 e. The maximum Gasteiger partial charge on any atom is 0.183 e. The summed E-state index contributed by atoms with van der Waals surface area (Å²) in [6.07, 6.45) is 1.55. The molecule has 0 amide bonds. The maximum absolute atomic E-state index is 11.1. The van der Waals surface area contributed by atoms with Crippen molar-refractivity contribution in [3.8, 4) is 5.75 Å². The fourth-order valence-corrected chi connectivity index (χ4v) is 0.883. The lowest BCUT2D eigenvalue weighted by Gasteiger charge is -2.05. The van der Waals surface area contributed by atoms with E-state index in [1.54, 1.807) is 24.3 Å². The lowest BCUT2D eigenvalue weighted by molar-refractivity contribution is 0.348. The zero-order valence-electron chi connectivity index (χ0n) is 6.16. The van der Waals surface area contributed by atoms with Crippen LogP contribution in [0.5, 0.6) is 5.75 Å². The first-order chi connectivity index (χ1) is 5.25. The second-order valence-corrected chi connectivity index (χ2v) is 2.30. The van der Waals surface area contributed by atoms with Crippen molar-refractivity contribution < 1.29 is 5.11 Å². The number of rotatable bonds is 2. The Morgan fingerprint density at radius 3 is 2.64 bits per heavy atom. The molecule has 0 heterocycles. The number of hydrogen-bond donors (Lipinski definition) is 1. The second-order valence-electron chi connectivity index (χ2n) is 2.30. The van der Waals surface area contributed by atoms with Gasteiger partial charge in [0.05, 0.1) is 6.04 Å². The molecule has 0 aromatic heterocycles. The van der Waals surface area contributed by atoms with Crippen LogP contribution in [0.4, 0.5) is 0 Å². The third-order valence-electron chi connectivity index (χ3n) is 1.53. The molecule has 0 bridgehead atoms. The molecule has 57 valence electrons. The van der Waals surface area contributed by atoms with E-state index in [2.05, 4.69) is 6.58 Å². The molecule has 0 saturated carbocycles. The first-order valence-corrected chi connectivity index (χ1v) is 3.40. The summed E-state index contributed by atoms with van der Waals surface area (Å²) >= 11 is 0. The summed E-state index contributed by atoms with van der Waals surface area (Å²) in [5, 5.41) is 11.1. The van der Waals surface area contributed by atoms with Crippen molar-refractivity contribution in [2.24, 2.45) is 5.73 Å². The molecule has 1 rings (SSSR count). The van der Waals surface area contributed by atoms with Crippen molar-refractivity contribution in [2.45, 2.75) is 6.04 Å². The second kappa shape index (κ2) is 3.21. The van der Waals surface area contributed by atoms with Crippen LogP contribution in [-0.2, 0) is 5.11 Å². The summed E-state index contributed by atoms with van der Waals surface area (Å²) < 4.78 is 0. The SMILES string of the molecule is C=CC(N)c1ccccc1[O]. The molecule has 0 saturated heterocycles. The minimum atomic E-state index is -0.344. The van der Waals surface area contributed by atoms with Crippen LogP contribution in [-0.4, -0.2) is 0 Å². The monoisotopic (exact) mass is 148 g/mol. The Morgan fingerprint density at radius 2 is 2.09 bits per heavy atom. The average Bonchev–Trinajstić information content (AvgIpc) is 2.04. The Balaban J connectivity index is 3.02. The van der Waals surface area contributed by atoms with Crippen LogP contribution >= 0.6 is 0 Å². The molecule has 1 atom stereocenters. The molecule has 0 aliphatic rings. The van der Waals surface area contributed by atoms with Gasteiger partial charge >= 0.3 is 0 Å². The van der Waals surface area contributed by atoms with Crippen molar-refractivity contribution in [3.05, 3.63) is 42.5 Å². The van der Waals surface area contributed by atoms with Crippen LogP contribution in [0.2, 0.25) is 0 Å². The molecule has 0 aliphatic heterocycles. The molecule has 1 radical (unpaired) electrons. The Bertz CT molecular complexity index is 257. The molecule has 0 fully saturated rings. The van der Waals surface area contributed by atoms with Crippen LogP contribution in [0.25, 0.3) is 0 Å². The van der Waals surface area contributed by atoms with Crippen LogP contribution in [0, 0.1) is 0 Å². The zero-order chi connectivity index (χ0) is 8.27. The Kier molecular flexibility index (Phi) is 2.28.